The maximum absolute atomic E-state index is 5.01. The summed E-state index contributed by atoms with van der Waals surface area (Å²) in [6.07, 6.45) is 4.92. The molecule has 7 heteroatoms. The van der Waals surface area contributed by atoms with Crippen LogP contribution in [0.2, 0.25) is 0 Å². The number of thiophene rings is 1. The maximum Gasteiger partial charge on any atom is 0.191 e. The lowest BCUT2D eigenvalue weighted by atomic mass is 9.88. The molecule has 2 N–H and O–H groups in total. The van der Waals surface area contributed by atoms with Crippen LogP contribution in [-0.2, 0) is 0 Å². The number of aliphatic imine (C=N–C) groups is 1. The van der Waals surface area contributed by atoms with Crippen molar-refractivity contribution in [2.75, 3.05) is 46.3 Å². The molecule has 1 aliphatic heterocycles. The second-order valence-electron chi connectivity index (χ2n) is 8.28. The lowest BCUT2D eigenvalue weighted by molar-refractivity contribution is 0.128. The topological polar surface area (TPSA) is 42.9 Å². The van der Waals surface area contributed by atoms with E-state index in [1.807, 2.05) is 11.3 Å². The number of likely N-dealkylation sites (tertiary alicyclic amines) is 1. The van der Waals surface area contributed by atoms with Crippen LogP contribution in [0.1, 0.15) is 64.3 Å². The first kappa shape index (κ1) is 27.7. The molecule has 174 valence electrons. The number of hydrogen-bond donors (Lipinski definition) is 2. The van der Waals surface area contributed by atoms with E-state index in [4.69, 9.17) is 4.99 Å². The van der Waals surface area contributed by atoms with Crippen LogP contribution in [0.5, 0.6) is 0 Å². The molecule has 3 atom stereocenters. The van der Waals surface area contributed by atoms with Crippen LogP contribution in [0.4, 0.5) is 0 Å². The van der Waals surface area contributed by atoms with E-state index in [9.17, 15) is 0 Å². The van der Waals surface area contributed by atoms with Crippen molar-refractivity contribution in [3.8, 4) is 0 Å². The van der Waals surface area contributed by atoms with E-state index in [0.717, 1.165) is 32.1 Å². The van der Waals surface area contributed by atoms with Gasteiger partial charge in [-0.2, -0.15) is 0 Å². The predicted octanol–water partition coefficient (Wildman–Crippen LogP) is 4.81. The molecule has 2 heterocycles. The van der Waals surface area contributed by atoms with E-state index in [2.05, 4.69) is 72.7 Å². The van der Waals surface area contributed by atoms with E-state index in [1.54, 1.807) is 0 Å². The van der Waals surface area contributed by atoms with Gasteiger partial charge in [0.25, 0.3) is 0 Å². The highest BCUT2D eigenvalue weighted by atomic mass is 127. The summed E-state index contributed by atoms with van der Waals surface area (Å²) in [7, 11) is 2.27. The fourth-order valence-corrected chi connectivity index (χ4v) is 5.34. The summed E-state index contributed by atoms with van der Waals surface area (Å²) in [4.78, 5) is 11.5. The zero-order chi connectivity index (χ0) is 21.1. The molecule has 0 radical (unpaired) electrons. The van der Waals surface area contributed by atoms with Gasteiger partial charge >= 0.3 is 0 Å². The number of halogens is 1. The van der Waals surface area contributed by atoms with Crippen LogP contribution >= 0.6 is 35.3 Å². The molecule has 1 fully saturated rings. The number of hydrogen-bond acceptors (Lipinski definition) is 4. The zero-order valence-corrected chi connectivity index (χ0v) is 22.8. The van der Waals surface area contributed by atoms with Crippen molar-refractivity contribution in [3.05, 3.63) is 22.4 Å². The average molecular weight is 550 g/mol. The van der Waals surface area contributed by atoms with Gasteiger partial charge in [-0.25, -0.2) is 0 Å². The second kappa shape index (κ2) is 15.4. The summed E-state index contributed by atoms with van der Waals surface area (Å²) in [5.41, 5.74) is 0. The first-order valence-electron chi connectivity index (χ1n) is 11.6. The minimum Gasteiger partial charge on any atom is -0.357 e. The highest BCUT2D eigenvalue weighted by Crippen LogP contribution is 2.37. The monoisotopic (exact) mass is 549 g/mol. The summed E-state index contributed by atoms with van der Waals surface area (Å²) in [6, 6.07) is 5.40. The molecule has 5 nitrogen and oxygen atoms in total. The Bertz CT molecular complexity index is 576. The van der Waals surface area contributed by atoms with Gasteiger partial charge in [-0.3, -0.25) is 9.89 Å². The zero-order valence-electron chi connectivity index (χ0n) is 19.7. The Morgan fingerprint density at radius 2 is 2.10 bits per heavy atom. The van der Waals surface area contributed by atoms with Gasteiger partial charge in [0, 0.05) is 30.1 Å². The fourth-order valence-electron chi connectivity index (χ4n) is 4.35. The molecule has 0 saturated carbocycles. The molecular formula is C23H44IN5S. The number of nitrogens with zero attached hydrogens (tertiary/aromatic N) is 3. The van der Waals surface area contributed by atoms with Gasteiger partial charge in [-0.05, 0) is 90.1 Å². The first-order valence-corrected chi connectivity index (χ1v) is 12.5. The van der Waals surface area contributed by atoms with E-state index < -0.39 is 0 Å². The fraction of sp³-hybridized carbons (Fsp3) is 0.783. The van der Waals surface area contributed by atoms with Gasteiger partial charge in [0.2, 0.25) is 0 Å². The molecule has 0 spiro atoms. The van der Waals surface area contributed by atoms with Crippen LogP contribution in [0, 0.1) is 5.92 Å². The van der Waals surface area contributed by atoms with E-state index in [1.165, 1.54) is 43.6 Å². The highest BCUT2D eigenvalue weighted by Gasteiger charge is 2.31. The number of guanidine groups is 1. The van der Waals surface area contributed by atoms with Crippen molar-refractivity contribution in [2.24, 2.45) is 10.9 Å². The van der Waals surface area contributed by atoms with Crippen LogP contribution in [0.15, 0.2) is 22.5 Å². The summed E-state index contributed by atoms with van der Waals surface area (Å²) in [5.74, 6) is 1.56. The predicted molar refractivity (Wildman–Crippen MR) is 143 cm³/mol. The van der Waals surface area contributed by atoms with Crippen molar-refractivity contribution in [3.63, 3.8) is 0 Å². The molecule has 2 rings (SSSR count). The molecule has 0 aromatic carbocycles. The van der Waals surface area contributed by atoms with Gasteiger partial charge < -0.3 is 15.5 Å². The second-order valence-corrected chi connectivity index (χ2v) is 9.26. The van der Waals surface area contributed by atoms with Crippen molar-refractivity contribution in [2.45, 2.75) is 65.5 Å². The lowest BCUT2D eigenvalue weighted by Gasteiger charge is -2.38. The van der Waals surface area contributed by atoms with Gasteiger partial charge in [-0.15, -0.1) is 35.3 Å². The quantitative estimate of drug-likeness (QED) is 0.236. The molecule has 30 heavy (non-hydrogen) atoms. The summed E-state index contributed by atoms with van der Waals surface area (Å²) >= 11 is 1.88. The molecule has 0 amide bonds. The minimum absolute atomic E-state index is 0. The third kappa shape index (κ3) is 9.01. The van der Waals surface area contributed by atoms with Crippen LogP contribution in [-0.4, -0.2) is 68.1 Å². The van der Waals surface area contributed by atoms with Crippen LogP contribution < -0.4 is 10.6 Å². The molecule has 1 aliphatic rings. The third-order valence-electron chi connectivity index (χ3n) is 6.06. The van der Waals surface area contributed by atoms with Gasteiger partial charge in [0.1, 0.15) is 0 Å². The van der Waals surface area contributed by atoms with E-state index in [-0.39, 0.29) is 24.0 Å². The first-order chi connectivity index (χ1) is 14.1. The summed E-state index contributed by atoms with van der Waals surface area (Å²) < 4.78 is 0. The average Bonchev–Trinajstić information content (AvgIpc) is 3.24. The van der Waals surface area contributed by atoms with Gasteiger partial charge in [-0.1, -0.05) is 19.9 Å². The number of rotatable bonds is 11. The Labute approximate surface area is 206 Å². The van der Waals surface area contributed by atoms with Crippen molar-refractivity contribution < 1.29 is 0 Å². The van der Waals surface area contributed by atoms with Crippen molar-refractivity contribution >= 4 is 41.3 Å². The Kier molecular flexibility index (Phi) is 14.2. The Morgan fingerprint density at radius 3 is 2.73 bits per heavy atom. The largest absolute Gasteiger partial charge is 0.357 e. The SMILES string of the molecule is CCNC(=NCC1CCCN(C)C1c1cccs1)NC(C)CCCN(CC)CC.I. The summed E-state index contributed by atoms with van der Waals surface area (Å²) in [6.45, 7) is 15.3. The number of piperidine rings is 1. The Morgan fingerprint density at radius 1 is 1.33 bits per heavy atom. The van der Waals surface area contributed by atoms with E-state index >= 15 is 0 Å². The standard InChI is InChI=1S/C23H43N5S.HI/c1-6-24-23(26-19(4)12-9-16-28(7-2)8-3)25-18-20-13-10-15-27(5)22(20)21-14-11-17-29-21;/h11,14,17,19-20,22H,6-10,12-13,15-16,18H2,1-5H3,(H2,24,25,26);1H. The Hall–Kier alpha value is -0.380. The smallest absolute Gasteiger partial charge is 0.191 e. The van der Waals surface area contributed by atoms with Crippen molar-refractivity contribution in [1.29, 1.82) is 0 Å². The van der Waals surface area contributed by atoms with Crippen LogP contribution in [0.3, 0.4) is 0 Å². The van der Waals surface area contributed by atoms with Crippen LogP contribution in [0.25, 0.3) is 0 Å². The third-order valence-corrected chi connectivity index (χ3v) is 7.00. The molecule has 1 aromatic rings. The molecule has 0 aliphatic carbocycles. The maximum atomic E-state index is 5.01. The molecule has 1 saturated heterocycles. The summed E-state index contributed by atoms with van der Waals surface area (Å²) in [5, 5.41) is 9.29. The molecule has 0 bridgehead atoms. The molecule has 3 unspecified atom stereocenters. The Balaban J connectivity index is 0.00000450. The molecule has 1 aromatic heterocycles. The molecular weight excluding hydrogens is 505 g/mol. The highest BCUT2D eigenvalue weighted by molar-refractivity contribution is 14.0. The lowest BCUT2D eigenvalue weighted by Crippen LogP contribution is -2.43. The normalized spacial score (nSPS) is 21.3. The minimum atomic E-state index is 0. The van der Waals surface area contributed by atoms with E-state index in [0.29, 0.717) is 18.0 Å². The van der Waals surface area contributed by atoms with Gasteiger partial charge in [0.05, 0.1) is 0 Å². The number of nitrogens with one attached hydrogen (secondary N) is 2. The van der Waals surface area contributed by atoms with Gasteiger partial charge in [0.15, 0.2) is 5.96 Å². The van der Waals surface area contributed by atoms with Crippen molar-refractivity contribution in [1.82, 2.24) is 20.4 Å².